The fourth-order valence-electron chi connectivity index (χ4n) is 1.14. The lowest BCUT2D eigenvalue weighted by atomic mass is 10.1. The van der Waals surface area contributed by atoms with Crippen LogP contribution in [-0.2, 0) is 0 Å². The molecule has 1 atom stereocenters. The Morgan fingerprint density at radius 1 is 1.64 bits per heavy atom. The summed E-state index contributed by atoms with van der Waals surface area (Å²) in [6.07, 6.45) is 0. The van der Waals surface area contributed by atoms with Crippen molar-refractivity contribution in [1.29, 1.82) is 0 Å². The first-order valence-corrected chi connectivity index (χ1v) is 4.79. The van der Waals surface area contributed by atoms with Crippen LogP contribution in [0.2, 0.25) is 0 Å². The summed E-state index contributed by atoms with van der Waals surface area (Å²) >= 11 is 3.05. The van der Waals surface area contributed by atoms with Crippen LogP contribution in [-0.4, -0.2) is 18.8 Å². The van der Waals surface area contributed by atoms with E-state index in [0.29, 0.717) is 11.3 Å². The second-order valence-corrected chi connectivity index (χ2v) is 3.57. The van der Waals surface area contributed by atoms with Gasteiger partial charge < -0.3 is 15.6 Å². The van der Waals surface area contributed by atoms with E-state index in [2.05, 4.69) is 15.9 Å². The van der Waals surface area contributed by atoms with Crippen molar-refractivity contribution in [3.8, 4) is 5.75 Å². The first kappa shape index (κ1) is 11.4. The maximum atomic E-state index is 13.1. The van der Waals surface area contributed by atoms with Crippen molar-refractivity contribution >= 4 is 15.9 Å². The van der Waals surface area contributed by atoms with Gasteiger partial charge in [0.05, 0.1) is 24.2 Å². The Kier molecular flexibility index (Phi) is 3.86. The largest absolute Gasteiger partial charge is 0.495 e. The predicted molar refractivity (Wildman–Crippen MR) is 54.7 cm³/mol. The van der Waals surface area contributed by atoms with Gasteiger partial charge in [-0.05, 0) is 22.0 Å². The summed E-state index contributed by atoms with van der Waals surface area (Å²) in [7, 11) is 1.42. The molecule has 0 amide bonds. The molecule has 0 spiro atoms. The SMILES string of the molecule is COc1c(C(N)CO)ccc(F)c1Br. The highest BCUT2D eigenvalue weighted by Crippen LogP contribution is 2.34. The van der Waals surface area contributed by atoms with E-state index in [4.69, 9.17) is 15.6 Å². The van der Waals surface area contributed by atoms with Gasteiger partial charge in [0.15, 0.2) is 0 Å². The number of hydrogen-bond donors (Lipinski definition) is 2. The number of halogens is 2. The molecule has 0 aromatic heterocycles. The minimum atomic E-state index is -0.568. The Labute approximate surface area is 89.8 Å². The van der Waals surface area contributed by atoms with Crippen molar-refractivity contribution in [3.63, 3.8) is 0 Å². The molecule has 0 radical (unpaired) electrons. The summed E-state index contributed by atoms with van der Waals surface area (Å²) < 4.78 is 18.3. The molecule has 3 nitrogen and oxygen atoms in total. The molecule has 14 heavy (non-hydrogen) atoms. The molecule has 0 fully saturated rings. The van der Waals surface area contributed by atoms with Crippen molar-refractivity contribution in [2.75, 3.05) is 13.7 Å². The number of aliphatic hydroxyl groups is 1. The summed E-state index contributed by atoms with van der Waals surface area (Å²) in [5.41, 5.74) is 6.19. The van der Waals surface area contributed by atoms with Gasteiger partial charge in [0.25, 0.3) is 0 Å². The zero-order chi connectivity index (χ0) is 10.7. The van der Waals surface area contributed by atoms with Gasteiger partial charge >= 0.3 is 0 Å². The Balaban J connectivity index is 3.23. The lowest BCUT2D eigenvalue weighted by Crippen LogP contribution is -2.15. The first-order chi connectivity index (χ1) is 6.61. The van der Waals surface area contributed by atoms with E-state index in [1.807, 2.05) is 0 Å². The third-order valence-corrected chi connectivity index (χ3v) is 2.62. The van der Waals surface area contributed by atoms with Gasteiger partial charge in [0.1, 0.15) is 11.6 Å². The summed E-state index contributed by atoms with van der Waals surface area (Å²) in [4.78, 5) is 0. The molecule has 3 N–H and O–H groups in total. The molecule has 1 aromatic rings. The molecule has 0 bridgehead atoms. The van der Waals surface area contributed by atoms with E-state index in [1.165, 1.54) is 19.2 Å². The highest BCUT2D eigenvalue weighted by Gasteiger charge is 2.16. The standard InChI is InChI=1S/C9H11BrFNO2/c1-14-9-5(7(12)4-13)2-3-6(11)8(9)10/h2-3,7,13H,4,12H2,1H3. The normalized spacial score (nSPS) is 12.6. The molecule has 0 heterocycles. The number of nitrogens with two attached hydrogens (primary N) is 1. The van der Waals surface area contributed by atoms with Crippen LogP contribution in [0.25, 0.3) is 0 Å². The van der Waals surface area contributed by atoms with Gasteiger partial charge in [-0.3, -0.25) is 0 Å². The zero-order valence-electron chi connectivity index (χ0n) is 7.63. The van der Waals surface area contributed by atoms with Crippen molar-refractivity contribution in [1.82, 2.24) is 0 Å². The Bertz CT molecular complexity index is 333. The van der Waals surface area contributed by atoms with Gasteiger partial charge in [-0.25, -0.2) is 4.39 Å². The molecule has 0 aliphatic rings. The van der Waals surface area contributed by atoms with E-state index >= 15 is 0 Å². The number of methoxy groups -OCH3 is 1. The average Bonchev–Trinajstić information content (AvgIpc) is 2.20. The molecule has 1 unspecified atom stereocenters. The highest BCUT2D eigenvalue weighted by atomic mass is 79.9. The van der Waals surface area contributed by atoms with Crippen molar-refractivity contribution < 1.29 is 14.2 Å². The smallest absolute Gasteiger partial charge is 0.141 e. The monoisotopic (exact) mass is 263 g/mol. The Hall–Kier alpha value is -0.650. The Morgan fingerprint density at radius 3 is 2.79 bits per heavy atom. The molecule has 0 saturated carbocycles. The fraction of sp³-hybridized carbons (Fsp3) is 0.333. The van der Waals surface area contributed by atoms with Gasteiger partial charge in [0.2, 0.25) is 0 Å². The third-order valence-electron chi connectivity index (χ3n) is 1.88. The van der Waals surface area contributed by atoms with Crippen LogP contribution in [0.1, 0.15) is 11.6 Å². The summed E-state index contributed by atoms with van der Waals surface area (Å²) in [5, 5.41) is 8.88. The van der Waals surface area contributed by atoms with E-state index in [-0.39, 0.29) is 11.1 Å². The lowest BCUT2D eigenvalue weighted by Gasteiger charge is -2.14. The quantitative estimate of drug-likeness (QED) is 0.871. The van der Waals surface area contributed by atoms with E-state index in [1.54, 1.807) is 0 Å². The molecule has 5 heteroatoms. The molecule has 78 valence electrons. The van der Waals surface area contributed by atoms with E-state index < -0.39 is 11.9 Å². The summed E-state index contributed by atoms with van der Waals surface area (Å²) in [6.45, 7) is -0.214. The van der Waals surface area contributed by atoms with Gasteiger partial charge in [0, 0.05) is 5.56 Å². The number of hydrogen-bond acceptors (Lipinski definition) is 3. The van der Waals surface area contributed by atoms with Crippen molar-refractivity contribution in [2.45, 2.75) is 6.04 Å². The van der Waals surface area contributed by atoms with Gasteiger partial charge in [-0.2, -0.15) is 0 Å². The van der Waals surface area contributed by atoms with Crippen LogP contribution < -0.4 is 10.5 Å². The topological polar surface area (TPSA) is 55.5 Å². The third kappa shape index (κ3) is 2.05. The first-order valence-electron chi connectivity index (χ1n) is 4.00. The predicted octanol–water partition coefficient (Wildman–Crippen LogP) is 1.59. The van der Waals surface area contributed by atoms with Crippen LogP contribution in [0.4, 0.5) is 4.39 Å². The van der Waals surface area contributed by atoms with Crippen molar-refractivity contribution in [3.05, 3.63) is 28.0 Å². The summed E-state index contributed by atoms with van der Waals surface area (Å²) in [5.74, 6) is -0.0951. The maximum Gasteiger partial charge on any atom is 0.141 e. The van der Waals surface area contributed by atoms with Crippen LogP contribution in [0.3, 0.4) is 0 Å². The van der Waals surface area contributed by atoms with Crippen LogP contribution in [0, 0.1) is 5.82 Å². The minimum Gasteiger partial charge on any atom is -0.495 e. The molecular formula is C9H11BrFNO2. The molecule has 0 aliphatic carbocycles. The molecule has 0 aliphatic heterocycles. The average molecular weight is 264 g/mol. The number of rotatable bonds is 3. The van der Waals surface area contributed by atoms with Crippen LogP contribution in [0.5, 0.6) is 5.75 Å². The molecular weight excluding hydrogens is 253 g/mol. The molecule has 0 saturated heterocycles. The number of benzene rings is 1. The molecule has 1 rings (SSSR count). The van der Waals surface area contributed by atoms with Crippen LogP contribution >= 0.6 is 15.9 Å². The van der Waals surface area contributed by atoms with Gasteiger partial charge in [-0.15, -0.1) is 0 Å². The van der Waals surface area contributed by atoms with Crippen molar-refractivity contribution in [2.24, 2.45) is 5.73 Å². The summed E-state index contributed by atoms with van der Waals surface area (Å²) in [6, 6.07) is 2.21. The van der Waals surface area contributed by atoms with Gasteiger partial charge in [-0.1, -0.05) is 6.07 Å². The van der Waals surface area contributed by atoms with E-state index in [0.717, 1.165) is 0 Å². The maximum absolute atomic E-state index is 13.1. The second-order valence-electron chi connectivity index (χ2n) is 2.77. The fourth-order valence-corrected chi connectivity index (χ4v) is 1.67. The van der Waals surface area contributed by atoms with Crippen LogP contribution in [0.15, 0.2) is 16.6 Å². The number of aliphatic hydroxyl groups excluding tert-OH is 1. The lowest BCUT2D eigenvalue weighted by molar-refractivity contribution is 0.264. The Morgan fingerprint density at radius 2 is 2.29 bits per heavy atom. The second kappa shape index (κ2) is 4.72. The zero-order valence-corrected chi connectivity index (χ0v) is 9.21. The van der Waals surface area contributed by atoms with E-state index in [9.17, 15) is 4.39 Å². The minimum absolute atomic E-state index is 0.214. The molecule has 1 aromatic carbocycles. The highest BCUT2D eigenvalue weighted by molar-refractivity contribution is 9.10. The number of ether oxygens (including phenoxy) is 1.